The van der Waals surface area contributed by atoms with Crippen LogP contribution in [-0.2, 0) is 27.5 Å². The van der Waals surface area contributed by atoms with Gasteiger partial charge < -0.3 is 44.5 Å². The van der Waals surface area contributed by atoms with Crippen molar-refractivity contribution in [3.8, 4) is 40.0 Å². The predicted octanol–water partition coefficient (Wildman–Crippen LogP) is 7.95. The summed E-state index contributed by atoms with van der Waals surface area (Å²) in [5.74, 6) is -0.931. The van der Waals surface area contributed by atoms with E-state index in [1.54, 1.807) is 79.0 Å². The van der Waals surface area contributed by atoms with Crippen molar-refractivity contribution in [3.63, 3.8) is 0 Å². The molecule has 4 heterocycles. The van der Waals surface area contributed by atoms with E-state index in [0.29, 0.717) is 104 Å². The molecule has 4 N–H and O–H groups in total. The van der Waals surface area contributed by atoms with Gasteiger partial charge in [0.25, 0.3) is 17.7 Å². The molecule has 76 heavy (non-hydrogen) atoms. The molecule has 3 aliphatic heterocycles. The maximum atomic E-state index is 15.4. The molecule has 1 aromatic heterocycles. The Morgan fingerprint density at radius 2 is 1.58 bits per heavy atom. The number of halogens is 2. The summed E-state index contributed by atoms with van der Waals surface area (Å²) in [6.45, 7) is 0.577. The molecule has 1 atom stereocenters. The fourth-order valence-electron chi connectivity index (χ4n) is 8.99. The molecule has 0 aliphatic carbocycles. The van der Waals surface area contributed by atoms with Crippen LogP contribution in [0.25, 0.3) is 11.3 Å². The number of carbonyl (C=O) groups excluding carboxylic acids is 5. The van der Waals surface area contributed by atoms with Gasteiger partial charge in [0.2, 0.25) is 23.5 Å². The highest BCUT2D eigenvalue weighted by Gasteiger charge is 2.40. The third-order valence-electron chi connectivity index (χ3n) is 12.7. The molecule has 390 valence electrons. The summed E-state index contributed by atoms with van der Waals surface area (Å²) < 4.78 is 43.4. The molecule has 1 fully saturated rings. The zero-order chi connectivity index (χ0) is 53.5. The molecule has 5 aromatic carbocycles. The zero-order valence-corrected chi connectivity index (χ0v) is 42.4. The normalized spacial score (nSPS) is 14.7. The lowest BCUT2D eigenvalue weighted by atomic mass is 9.94. The molecule has 0 radical (unpaired) electrons. The number of carbonyl (C=O) groups is 5. The molecule has 3 aliphatic rings. The average Bonchev–Trinajstić information content (AvgIpc) is 3.71. The molecule has 20 nitrogen and oxygen atoms in total. The summed E-state index contributed by atoms with van der Waals surface area (Å²) in [4.78, 5) is 79.2. The number of aromatic nitrogens is 2. The van der Waals surface area contributed by atoms with Crippen molar-refractivity contribution in [3.05, 3.63) is 135 Å². The highest BCUT2D eigenvalue weighted by molar-refractivity contribution is 6.31. The van der Waals surface area contributed by atoms with Crippen molar-refractivity contribution in [2.24, 2.45) is 15.2 Å². The molecular formula is C54H50ClFN10O10. The van der Waals surface area contributed by atoms with Gasteiger partial charge in [0.1, 0.15) is 23.4 Å². The number of anilines is 2. The number of rotatable bonds is 19. The van der Waals surface area contributed by atoms with Crippen LogP contribution < -0.4 is 45.0 Å². The van der Waals surface area contributed by atoms with E-state index in [2.05, 4.69) is 36.5 Å². The number of methoxy groups -OCH3 is 4. The van der Waals surface area contributed by atoms with Crippen LogP contribution in [0.1, 0.15) is 68.7 Å². The number of aliphatic imine (C=N–C) groups is 1. The lowest BCUT2D eigenvalue weighted by molar-refractivity contribution is -0.137. The number of amides is 5. The van der Waals surface area contributed by atoms with E-state index in [-0.39, 0.29) is 79.0 Å². The first-order valence-corrected chi connectivity index (χ1v) is 24.4. The third kappa shape index (κ3) is 11.1. The summed E-state index contributed by atoms with van der Waals surface area (Å²) >= 11 is 6.46. The van der Waals surface area contributed by atoms with E-state index in [1.165, 1.54) is 39.4 Å². The van der Waals surface area contributed by atoms with Crippen LogP contribution >= 0.6 is 11.6 Å². The first kappa shape index (κ1) is 51.9. The lowest BCUT2D eigenvalue weighted by Gasteiger charge is -2.29. The van der Waals surface area contributed by atoms with Crippen LogP contribution in [0.15, 0.2) is 106 Å². The molecule has 22 heteroatoms. The molecule has 0 bridgehead atoms. The number of ether oxygens (including phenoxy) is 5. The molecule has 6 aromatic rings. The Morgan fingerprint density at radius 3 is 2.33 bits per heavy atom. The highest BCUT2D eigenvalue weighted by atomic mass is 35.5. The predicted molar refractivity (Wildman–Crippen MR) is 277 cm³/mol. The Morgan fingerprint density at radius 1 is 0.829 bits per heavy atom. The highest BCUT2D eigenvalue weighted by Crippen LogP contribution is 2.43. The van der Waals surface area contributed by atoms with E-state index in [9.17, 15) is 24.0 Å². The van der Waals surface area contributed by atoms with Gasteiger partial charge >= 0.3 is 0 Å². The molecule has 0 spiro atoms. The molecular weight excluding hydrogens is 1000 g/mol. The third-order valence-corrected chi connectivity index (χ3v) is 13.0. The van der Waals surface area contributed by atoms with Gasteiger partial charge in [0, 0.05) is 89.0 Å². The lowest BCUT2D eigenvalue weighted by Crippen LogP contribution is -2.52. The largest absolute Gasteiger partial charge is 0.496 e. The number of hydrogen-bond donors (Lipinski definition) is 4. The van der Waals surface area contributed by atoms with E-state index in [0.717, 1.165) is 0 Å². The van der Waals surface area contributed by atoms with Crippen LogP contribution in [0, 0.1) is 5.82 Å². The Kier molecular flexibility index (Phi) is 15.7. The maximum absolute atomic E-state index is 15.4. The number of azo groups is 1. The Labute approximate surface area is 440 Å². The summed E-state index contributed by atoms with van der Waals surface area (Å²) in [5, 5.41) is 20.4. The number of nitrogens with one attached hydrogen (secondary N) is 4. The monoisotopic (exact) mass is 1050 g/mol. The fourth-order valence-corrected chi connectivity index (χ4v) is 9.16. The van der Waals surface area contributed by atoms with Crippen LogP contribution in [0.4, 0.5) is 27.4 Å². The Hall–Kier alpha value is -8.98. The molecule has 0 saturated carbocycles. The first-order chi connectivity index (χ1) is 36.9. The zero-order valence-electron chi connectivity index (χ0n) is 41.6. The van der Waals surface area contributed by atoms with Gasteiger partial charge in [0.05, 0.1) is 68.9 Å². The van der Waals surface area contributed by atoms with Gasteiger partial charge in [0.15, 0.2) is 18.1 Å². The minimum atomic E-state index is -0.770. The Bertz CT molecular complexity index is 3330. The van der Waals surface area contributed by atoms with Gasteiger partial charge in [-0.3, -0.25) is 34.3 Å². The second-order valence-electron chi connectivity index (χ2n) is 17.5. The molecule has 1 unspecified atom stereocenters. The topological polar surface area (TPSA) is 246 Å². The standard InChI is InChI=1S/C54H50ClFN10O10/c1-72-41-12-8-10-38(56)47(41)49-36-21-30(55)13-15-33(36)48-29(25-59-49)26-60-54(63-48)61-31-14-16-35(42(22-31)73-2)51(69)58-20-6-5-19-57-46(68)28-76-50-43(74-3)23-32(24-44(50)75-4)64-65-39-11-7-9-34-37(39)27-66(53(34)71)40-17-18-45(67)62-52(40)70/h7-16,21-24,26,40H,5-6,17-20,25,27-28H2,1-4H3,(H,57,68)(H,58,69)(H,60,61,63)(H,62,67,70). The summed E-state index contributed by atoms with van der Waals surface area (Å²) in [6, 6.07) is 22.2. The van der Waals surface area contributed by atoms with E-state index >= 15 is 4.39 Å². The van der Waals surface area contributed by atoms with Crippen molar-refractivity contribution in [1.82, 2.24) is 30.8 Å². The number of piperidine rings is 1. The van der Waals surface area contributed by atoms with Gasteiger partial charge in [-0.05, 0) is 67.8 Å². The maximum Gasteiger partial charge on any atom is 0.257 e. The second kappa shape index (κ2) is 23.1. The smallest absolute Gasteiger partial charge is 0.257 e. The minimum Gasteiger partial charge on any atom is -0.496 e. The number of imide groups is 1. The number of hydrogen-bond acceptors (Lipinski definition) is 16. The quantitative estimate of drug-likeness (QED) is 0.0342. The van der Waals surface area contributed by atoms with E-state index in [4.69, 9.17) is 45.3 Å². The van der Waals surface area contributed by atoms with E-state index in [1.807, 2.05) is 6.07 Å². The Balaban J connectivity index is 0.751. The van der Waals surface area contributed by atoms with Crippen LogP contribution in [0.2, 0.25) is 5.02 Å². The number of benzene rings is 5. The average molecular weight is 1050 g/mol. The van der Waals surface area contributed by atoms with Gasteiger partial charge in [-0.25, -0.2) is 14.4 Å². The van der Waals surface area contributed by atoms with Crippen molar-refractivity contribution < 1.29 is 52.0 Å². The number of unbranched alkanes of at least 4 members (excludes halogenated alkanes) is 1. The molecule has 9 rings (SSSR count). The number of nitrogens with zero attached hydrogens (tertiary/aromatic N) is 6. The van der Waals surface area contributed by atoms with Crippen LogP contribution in [0.5, 0.6) is 28.7 Å². The SMILES string of the molecule is COc1cc(Nc2ncc3c(n2)-c2ccc(Cl)cc2C(c2c(F)cccc2OC)=NC3)ccc1C(=O)NCCCCNC(=O)COc1c(OC)cc(N=Nc2cccc3c2CN(C2CCC(=O)NC2=O)C3=O)cc1OC. The van der Waals surface area contributed by atoms with Gasteiger partial charge in [-0.15, -0.1) is 0 Å². The summed E-state index contributed by atoms with van der Waals surface area (Å²) in [6.07, 6.45) is 3.14. The van der Waals surface area contributed by atoms with Crippen molar-refractivity contribution in [2.45, 2.75) is 44.8 Å². The molecule has 5 amide bonds. The van der Waals surface area contributed by atoms with Crippen LogP contribution in [0.3, 0.4) is 0 Å². The fraction of sp³-hybridized carbons (Fsp3) is 0.259. The summed E-state index contributed by atoms with van der Waals surface area (Å²) in [5.41, 5.74) is 5.74. The van der Waals surface area contributed by atoms with Crippen LogP contribution in [-0.4, -0.2) is 104 Å². The molecule has 1 saturated heterocycles. The second-order valence-corrected chi connectivity index (χ2v) is 17.9. The van der Waals surface area contributed by atoms with Gasteiger partial charge in [-0.2, -0.15) is 10.2 Å². The minimum absolute atomic E-state index is 0.127. The van der Waals surface area contributed by atoms with Crippen molar-refractivity contribution >= 4 is 69.9 Å². The van der Waals surface area contributed by atoms with Crippen molar-refractivity contribution in [2.75, 3.05) is 53.5 Å². The van der Waals surface area contributed by atoms with Crippen molar-refractivity contribution in [1.29, 1.82) is 0 Å². The number of fused-ring (bicyclic) bond motifs is 4. The summed E-state index contributed by atoms with van der Waals surface area (Å²) in [7, 11) is 5.79. The van der Waals surface area contributed by atoms with E-state index < -0.39 is 23.7 Å². The first-order valence-electron chi connectivity index (χ1n) is 24.0. The van der Waals surface area contributed by atoms with Gasteiger partial charge in [-0.1, -0.05) is 29.8 Å².